The minimum Gasteiger partial charge on any atom is -0.379 e. The van der Waals surface area contributed by atoms with Gasteiger partial charge >= 0.3 is 12.2 Å². The molecular weight excluding hydrogens is 604 g/mol. The van der Waals surface area contributed by atoms with E-state index in [1.165, 1.54) is 0 Å². The van der Waals surface area contributed by atoms with E-state index in [1.807, 2.05) is 35.0 Å². The van der Waals surface area contributed by atoms with Gasteiger partial charge in [0.15, 0.2) is 5.65 Å². The number of anilines is 3. The lowest BCUT2D eigenvalue weighted by Gasteiger charge is -2.26. The van der Waals surface area contributed by atoms with Crippen molar-refractivity contribution < 1.29 is 27.1 Å². The number of urea groups is 1. The van der Waals surface area contributed by atoms with E-state index in [0.29, 0.717) is 54.3 Å². The Morgan fingerprint density at radius 2 is 1.72 bits per heavy atom. The van der Waals surface area contributed by atoms with Crippen LogP contribution in [0.15, 0.2) is 79.0 Å². The summed E-state index contributed by atoms with van der Waals surface area (Å²) in [6.45, 7) is 5.24. The Morgan fingerprint density at radius 1 is 0.957 bits per heavy atom. The summed E-state index contributed by atoms with van der Waals surface area (Å²) in [6.07, 6.45) is -2.95. The second kappa shape index (κ2) is 13.5. The van der Waals surface area contributed by atoms with Crippen molar-refractivity contribution in [2.24, 2.45) is 0 Å². The quantitative estimate of drug-likeness (QED) is 0.169. The summed E-state index contributed by atoms with van der Waals surface area (Å²) in [4.78, 5) is 24.1. The molecule has 0 atom stereocenters. The molecule has 3 heterocycles. The van der Waals surface area contributed by atoms with Crippen LogP contribution in [0.5, 0.6) is 0 Å². The Hall–Kier alpha value is -5.08. The minimum absolute atomic E-state index is 0.338. The van der Waals surface area contributed by atoms with Crippen molar-refractivity contribution in [3.63, 3.8) is 0 Å². The fraction of sp³-hybridized carbons (Fsp3) is 0.250. The van der Waals surface area contributed by atoms with Gasteiger partial charge in [-0.25, -0.2) is 18.9 Å². The van der Waals surface area contributed by atoms with Gasteiger partial charge in [0.25, 0.3) is 0 Å². The normalized spacial score (nSPS) is 13.9. The van der Waals surface area contributed by atoms with Crippen LogP contribution < -0.4 is 16.0 Å². The largest absolute Gasteiger partial charge is 0.416 e. The molecule has 2 aromatic heterocycles. The van der Waals surface area contributed by atoms with Crippen LogP contribution in [-0.2, 0) is 17.5 Å². The van der Waals surface area contributed by atoms with Crippen molar-refractivity contribution in [2.45, 2.75) is 12.7 Å². The molecule has 0 radical (unpaired) electrons. The number of morpholine rings is 1. The van der Waals surface area contributed by atoms with E-state index in [0.717, 1.165) is 49.4 Å². The molecule has 1 aliphatic rings. The smallest absolute Gasteiger partial charge is 0.379 e. The summed E-state index contributed by atoms with van der Waals surface area (Å²) in [5.74, 6) is -0.501. The number of carbonyl (C=O) groups excluding carboxylic acids is 1. The number of aromatic nitrogens is 4. The average Bonchev–Trinajstić information content (AvgIpc) is 3.40. The first kappa shape index (κ1) is 30.9. The van der Waals surface area contributed by atoms with Gasteiger partial charge in [-0.15, -0.1) is 0 Å². The maximum Gasteiger partial charge on any atom is 0.416 e. The lowest BCUT2D eigenvalue weighted by Crippen LogP contribution is -2.39. The van der Waals surface area contributed by atoms with Gasteiger partial charge in [-0.3, -0.25) is 4.90 Å². The van der Waals surface area contributed by atoms with Crippen molar-refractivity contribution in [1.82, 2.24) is 24.6 Å². The van der Waals surface area contributed by atoms with Gasteiger partial charge in [-0.2, -0.15) is 23.3 Å². The van der Waals surface area contributed by atoms with Crippen LogP contribution in [-0.4, -0.2) is 70.1 Å². The number of benzene rings is 3. The first-order valence-corrected chi connectivity index (χ1v) is 14.6. The number of alkyl halides is 3. The third-order valence-corrected chi connectivity index (χ3v) is 7.44. The van der Waals surface area contributed by atoms with Crippen molar-refractivity contribution in [3.8, 4) is 11.3 Å². The van der Waals surface area contributed by atoms with Crippen LogP contribution in [0.2, 0.25) is 0 Å². The third-order valence-electron chi connectivity index (χ3n) is 7.44. The first-order valence-electron chi connectivity index (χ1n) is 14.6. The van der Waals surface area contributed by atoms with Gasteiger partial charge in [0.1, 0.15) is 11.5 Å². The molecule has 5 aromatic rings. The Morgan fingerprint density at radius 3 is 2.46 bits per heavy atom. The second-order valence-electron chi connectivity index (χ2n) is 10.7. The third kappa shape index (κ3) is 7.41. The molecule has 2 amide bonds. The van der Waals surface area contributed by atoms with E-state index in [4.69, 9.17) is 14.8 Å². The topological polar surface area (TPSA) is 109 Å². The molecule has 46 heavy (non-hydrogen) atoms. The van der Waals surface area contributed by atoms with Crippen LogP contribution in [0.4, 0.5) is 39.7 Å². The molecule has 10 nitrogen and oxygen atoms in total. The minimum atomic E-state index is -4.68. The van der Waals surface area contributed by atoms with E-state index in [-0.39, 0.29) is 0 Å². The summed E-state index contributed by atoms with van der Waals surface area (Å²) in [5, 5.41) is 13.6. The number of hydrogen-bond acceptors (Lipinski definition) is 7. The van der Waals surface area contributed by atoms with Crippen LogP contribution >= 0.6 is 0 Å². The van der Waals surface area contributed by atoms with Crippen LogP contribution in [0.1, 0.15) is 11.1 Å². The van der Waals surface area contributed by atoms with Crippen molar-refractivity contribution in [3.05, 3.63) is 95.9 Å². The van der Waals surface area contributed by atoms with E-state index in [1.54, 1.807) is 30.5 Å². The summed E-state index contributed by atoms with van der Waals surface area (Å²) < 4.78 is 60.4. The zero-order valence-corrected chi connectivity index (χ0v) is 24.5. The predicted octanol–water partition coefficient (Wildman–Crippen LogP) is 6.09. The highest BCUT2D eigenvalue weighted by molar-refractivity contribution is 6.00. The SMILES string of the molecule is O=C(Nc1ccc(-c2nn(Cc3ccccc3)c3nc(NCCN4CCOCC4)ncc23)cc1)Nc1cc(C(F)(F)F)ccc1F. The van der Waals surface area contributed by atoms with E-state index in [9.17, 15) is 22.4 Å². The Kier molecular flexibility index (Phi) is 9.08. The van der Waals surface area contributed by atoms with Crippen molar-refractivity contribution >= 4 is 34.4 Å². The zero-order valence-electron chi connectivity index (χ0n) is 24.5. The molecule has 0 saturated carbocycles. The number of hydrogen-bond donors (Lipinski definition) is 3. The number of amides is 2. The van der Waals surface area contributed by atoms with Crippen LogP contribution in [0.25, 0.3) is 22.3 Å². The molecule has 0 unspecified atom stereocenters. The summed E-state index contributed by atoms with van der Waals surface area (Å²) in [5.41, 5.74) is 1.72. The average molecular weight is 635 g/mol. The summed E-state index contributed by atoms with van der Waals surface area (Å²) >= 11 is 0. The van der Waals surface area contributed by atoms with Crippen LogP contribution in [0.3, 0.4) is 0 Å². The molecule has 6 rings (SSSR count). The zero-order chi connectivity index (χ0) is 32.1. The fourth-order valence-corrected chi connectivity index (χ4v) is 5.07. The Bertz CT molecular complexity index is 1810. The van der Waals surface area contributed by atoms with Crippen molar-refractivity contribution in [1.29, 1.82) is 0 Å². The number of ether oxygens (including phenoxy) is 1. The maximum absolute atomic E-state index is 14.1. The second-order valence-corrected chi connectivity index (χ2v) is 10.7. The number of fused-ring (bicyclic) bond motifs is 1. The summed E-state index contributed by atoms with van der Waals surface area (Å²) in [7, 11) is 0. The van der Waals surface area contributed by atoms with Crippen LogP contribution in [0, 0.1) is 5.82 Å². The van der Waals surface area contributed by atoms with Gasteiger partial charge < -0.3 is 20.7 Å². The predicted molar refractivity (Wildman–Crippen MR) is 166 cm³/mol. The Balaban J connectivity index is 1.19. The van der Waals surface area contributed by atoms with Crippen molar-refractivity contribution in [2.75, 3.05) is 55.3 Å². The first-order chi connectivity index (χ1) is 22.2. The highest BCUT2D eigenvalue weighted by atomic mass is 19.4. The molecule has 0 aliphatic carbocycles. The van der Waals surface area contributed by atoms with E-state index in [2.05, 4.69) is 25.8 Å². The molecule has 0 bridgehead atoms. The fourth-order valence-electron chi connectivity index (χ4n) is 5.07. The molecule has 1 saturated heterocycles. The number of carbonyl (C=O) groups is 1. The number of nitrogens with one attached hydrogen (secondary N) is 3. The molecule has 0 spiro atoms. The molecule has 238 valence electrons. The molecule has 14 heteroatoms. The number of halogens is 4. The standard InChI is InChI=1S/C32H30F4N8O2/c33-26-11-8-23(32(34,35)36)18-27(26)40-31(45)39-24-9-6-22(7-10-24)28-25-19-38-30(37-12-13-43-14-16-46-17-15-43)41-29(25)44(42-28)20-21-4-2-1-3-5-21/h1-11,18-19H,12-17,20H2,(H,37,38,41)(H2,39,40,45). The van der Waals surface area contributed by atoms with Gasteiger partial charge in [0, 0.05) is 43.6 Å². The highest BCUT2D eigenvalue weighted by Crippen LogP contribution is 2.32. The van der Waals surface area contributed by atoms with Gasteiger partial charge in [0.05, 0.1) is 36.4 Å². The molecule has 1 aliphatic heterocycles. The maximum atomic E-state index is 14.1. The molecule has 3 N–H and O–H groups in total. The lowest BCUT2D eigenvalue weighted by atomic mass is 10.1. The van der Waals surface area contributed by atoms with Gasteiger partial charge in [-0.05, 0) is 35.9 Å². The highest BCUT2D eigenvalue weighted by Gasteiger charge is 2.31. The molecule has 1 fully saturated rings. The number of nitrogens with zero attached hydrogens (tertiary/aromatic N) is 5. The van der Waals surface area contributed by atoms with Gasteiger partial charge in [-0.1, -0.05) is 42.5 Å². The Labute approximate surface area is 261 Å². The van der Waals surface area contributed by atoms with E-state index >= 15 is 0 Å². The van der Waals surface area contributed by atoms with E-state index < -0.39 is 29.3 Å². The lowest BCUT2D eigenvalue weighted by molar-refractivity contribution is -0.137. The summed E-state index contributed by atoms with van der Waals surface area (Å²) in [6, 6.07) is 17.5. The monoisotopic (exact) mass is 634 g/mol. The van der Waals surface area contributed by atoms with Gasteiger partial charge in [0.2, 0.25) is 5.95 Å². The molecule has 3 aromatic carbocycles. The number of rotatable bonds is 9. The molecular formula is C32H30F4N8O2.